The SMILES string of the molecule is CC.CC.CC.CC.CC.CC.CC.CC.CC(C)(C)c1cc(C(C)(C)C)ncn1.CC(C)(C)c1ccnc(C(C)(C)C)c1.CC(C)(C)c1ccnc(C(C)(C)C)c1.CC(C)(C)c1ccnc(C(C)(C)C)n1.CC(C)(C)c1ccnc(C(C)(C)C)n1.CC(C)(C)c1cncc(C(C)(C)C)c1.CC(C)(C)c1cncc(C(C)(C)C)n1.CC(C)(C)c1cnnc(C(C)(C)C)c1. The van der Waals surface area contributed by atoms with E-state index in [9.17, 15) is 0 Å². The number of hydrogen-bond donors (Lipinski definition) is 0. The van der Waals surface area contributed by atoms with Gasteiger partial charge in [-0.2, -0.15) is 10.2 Å². The lowest BCUT2D eigenvalue weighted by Crippen LogP contribution is -2.21. The third kappa shape index (κ3) is 57.9. The van der Waals surface area contributed by atoms with Crippen molar-refractivity contribution in [3.8, 4) is 0 Å². The molecule has 0 radical (unpaired) electrons. The summed E-state index contributed by atoms with van der Waals surface area (Å²) in [5, 5.41) is 8.24. The van der Waals surface area contributed by atoms with E-state index in [0.29, 0.717) is 0 Å². The van der Waals surface area contributed by atoms with Crippen molar-refractivity contribution in [2.75, 3.05) is 0 Å². The molecule has 0 spiro atoms. The maximum absolute atomic E-state index is 4.65. The van der Waals surface area contributed by atoms with Crippen LogP contribution in [0.3, 0.4) is 0 Å². The highest BCUT2D eigenvalue weighted by molar-refractivity contribution is 5.31. The van der Waals surface area contributed by atoms with E-state index in [1.165, 1.54) is 39.2 Å². The van der Waals surface area contributed by atoms with Crippen molar-refractivity contribution in [2.45, 2.75) is 530 Å². The Kier molecular flexibility index (Phi) is 63.2. The minimum absolute atomic E-state index is 0.0290. The summed E-state index contributed by atoms with van der Waals surface area (Å²) in [5.74, 6) is 1.84. The van der Waals surface area contributed by atoms with Gasteiger partial charge in [0.2, 0.25) is 0 Å². The summed E-state index contributed by atoms with van der Waals surface area (Å²) >= 11 is 0. The molecule has 0 atom stereocenters. The molecule has 0 aromatic carbocycles. The molecular formula is C115H211N13. The zero-order chi connectivity index (χ0) is 104. The van der Waals surface area contributed by atoms with Crippen molar-refractivity contribution in [1.29, 1.82) is 0 Å². The van der Waals surface area contributed by atoms with E-state index < -0.39 is 0 Å². The van der Waals surface area contributed by atoms with Crippen LogP contribution in [-0.2, 0) is 86.6 Å². The zero-order valence-corrected chi connectivity index (χ0v) is 96.8. The molecule has 0 saturated heterocycles. The Morgan fingerprint density at radius 1 is 0.164 bits per heavy atom. The lowest BCUT2D eigenvalue weighted by molar-refractivity contribution is 0.513. The second kappa shape index (κ2) is 59.4. The molecule has 8 heterocycles. The summed E-state index contributed by atoms with van der Waals surface area (Å²) < 4.78 is 0. The Labute approximate surface area is 797 Å². The molecule has 13 nitrogen and oxygen atoms in total. The van der Waals surface area contributed by atoms with Gasteiger partial charge < -0.3 is 0 Å². The van der Waals surface area contributed by atoms with E-state index in [-0.39, 0.29) is 86.6 Å². The minimum atomic E-state index is 0.0290. The summed E-state index contributed by atoms with van der Waals surface area (Å²) in [5.41, 5.74) is 18.5. The molecule has 8 aromatic heterocycles. The first-order valence-electron chi connectivity index (χ1n) is 48.8. The van der Waals surface area contributed by atoms with Gasteiger partial charge in [0.25, 0.3) is 0 Å². The molecule has 0 aliphatic heterocycles. The highest BCUT2D eigenvalue weighted by Crippen LogP contribution is 2.34. The molecule has 0 N–H and O–H groups in total. The van der Waals surface area contributed by atoms with Crippen LogP contribution in [0.15, 0.2) is 117 Å². The van der Waals surface area contributed by atoms with Crippen LogP contribution in [0.5, 0.6) is 0 Å². The van der Waals surface area contributed by atoms with Crippen LogP contribution in [0.2, 0.25) is 0 Å². The predicted octanol–water partition coefficient (Wildman–Crippen LogP) is 34.6. The zero-order valence-electron chi connectivity index (χ0n) is 96.8. The molecule has 0 aliphatic rings. The van der Waals surface area contributed by atoms with Gasteiger partial charge in [-0.3, -0.25) is 24.9 Å². The third-order valence-electron chi connectivity index (χ3n) is 18.1. The summed E-state index contributed by atoms with van der Waals surface area (Å²) in [6.45, 7) is 137. The molecule has 0 bridgehead atoms. The molecule has 0 saturated carbocycles. The van der Waals surface area contributed by atoms with Crippen LogP contribution in [0.25, 0.3) is 0 Å². The Morgan fingerprint density at radius 2 is 0.383 bits per heavy atom. The van der Waals surface area contributed by atoms with Crippen LogP contribution in [0, 0.1) is 0 Å². The van der Waals surface area contributed by atoms with Crippen molar-refractivity contribution < 1.29 is 0 Å². The van der Waals surface area contributed by atoms with Gasteiger partial charge in [0.1, 0.15) is 18.0 Å². The molecule has 8 rings (SSSR count). The van der Waals surface area contributed by atoms with Crippen LogP contribution < -0.4 is 0 Å². The van der Waals surface area contributed by atoms with Gasteiger partial charge in [0, 0.05) is 143 Å². The fourth-order valence-electron chi connectivity index (χ4n) is 9.56. The van der Waals surface area contributed by atoms with Gasteiger partial charge in [0.05, 0.1) is 23.3 Å². The predicted molar refractivity (Wildman–Crippen MR) is 573 cm³/mol. The van der Waals surface area contributed by atoms with Gasteiger partial charge in [-0.15, -0.1) is 0 Å². The summed E-state index contributed by atoms with van der Waals surface area (Å²) in [6.07, 6.45) is 18.7. The van der Waals surface area contributed by atoms with E-state index in [1.54, 1.807) is 6.33 Å². The van der Waals surface area contributed by atoms with Crippen molar-refractivity contribution in [1.82, 2.24) is 65.0 Å². The fourth-order valence-corrected chi connectivity index (χ4v) is 9.56. The number of nitrogens with zero attached hydrogens (tertiary/aromatic N) is 13. The first-order chi connectivity index (χ1) is 57.7. The van der Waals surface area contributed by atoms with Crippen LogP contribution in [0.1, 0.15) is 534 Å². The van der Waals surface area contributed by atoms with Gasteiger partial charge in [-0.25, -0.2) is 29.9 Å². The molecule has 128 heavy (non-hydrogen) atoms. The van der Waals surface area contributed by atoms with E-state index in [1.807, 2.05) is 179 Å². The second-order valence-electron chi connectivity index (χ2n) is 46.8. The Bertz CT molecular complexity index is 3100. The monoisotopic (exact) mass is 1770 g/mol. The number of pyridine rings is 3. The van der Waals surface area contributed by atoms with E-state index >= 15 is 0 Å². The Morgan fingerprint density at radius 3 is 0.617 bits per heavy atom. The average molecular weight is 1780 g/mol. The molecule has 8 aromatic rings. The van der Waals surface area contributed by atoms with E-state index in [4.69, 9.17) is 0 Å². The van der Waals surface area contributed by atoms with Gasteiger partial charge in [-0.05, 0) is 103 Å². The highest BCUT2D eigenvalue weighted by Gasteiger charge is 2.29. The largest absolute Gasteiger partial charge is 0.264 e. The minimum Gasteiger partial charge on any atom is -0.264 e. The maximum Gasteiger partial charge on any atom is 0.133 e. The van der Waals surface area contributed by atoms with E-state index in [0.717, 1.165) is 51.5 Å². The van der Waals surface area contributed by atoms with Gasteiger partial charge >= 0.3 is 0 Å². The van der Waals surface area contributed by atoms with Gasteiger partial charge in [0.15, 0.2) is 0 Å². The highest BCUT2D eigenvalue weighted by atomic mass is 15.1. The van der Waals surface area contributed by atoms with Crippen molar-refractivity contribution in [2.24, 2.45) is 0 Å². The average Bonchev–Trinajstić information content (AvgIpc) is 0.871. The van der Waals surface area contributed by atoms with Crippen molar-refractivity contribution >= 4 is 0 Å². The molecule has 0 unspecified atom stereocenters. The second-order valence-corrected chi connectivity index (χ2v) is 46.8. The van der Waals surface area contributed by atoms with Crippen molar-refractivity contribution in [3.63, 3.8) is 0 Å². The Hall–Kier alpha value is -7.15. The standard InChI is InChI=1S/3C13H21N.5C12H20N2.8C2H6/c1-12(2,3)10-7-11(9-14-8-10)13(4,5)6;2*1-12(2,3)10-7-8-14-11(9-10)13(4,5)6;1-11(2,3)9-7-13-8-10(14-9)12(4,5)6;1-11(2,3)9-7-10(12(4,5)6)14-8-13-9;1-11(2,3)9-7-10(12(4,5)6)14-13-8-9;2*1-11(2,3)9-7-8-13-10(14-9)12(4,5)6;8*1-2/h3*7-9H,1-6H3;5*7-8H,1-6H3;8*1-2H3. The first kappa shape index (κ1) is 136. The maximum atomic E-state index is 4.65. The number of rotatable bonds is 0. The third-order valence-corrected chi connectivity index (χ3v) is 18.1. The number of aromatic nitrogens is 13. The van der Waals surface area contributed by atoms with Crippen molar-refractivity contribution in [3.05, 3.63) is 207 Å². The molecule has 13 heteroatoms. The molecular weight excluding hydrogens is 1560 g/mol. The summed E-state index contributed by atoms with van der Waals surface area (Å²) in [7, 11) is 0. The molecule has 0 aliphatic carbocycles. The van der Waals surface area contributed by atoms with E-state index in [2.05, 4.69) is 440 Å². The molecule has 0 fully saturated rings. The quantitative estimate of drug-likeness (QED) is 0.141. The van der Waals surface area contributed by atoms with Crippen LogP contribution in [-0.4, -0.2) is 65.0 Å². The first-order valence-corrected chi connectivity index (χ1v) is 48.8. The summed E-state index contributed by atoms with van der Waals surface area (Å²) in [4.78, 5) is 48.5. The number of hydrogen-bond acceptors (Lipinski definition) is 13. The smallest absolute Gasteiger partial charge is 0.133 e. The lowest BCUT2D eigenvalue weighted by atomic mass is 9.82. The Balaban J connectivity index is -0.000000209. The van der Waals surface area contributed by atoms with Crippen LogP contribution in [0.4, 0.5) is 0 Å². The summed E-state index contributed by atoms with van der Waals surface area (Å²) in [6, 6.07) is 19.2. The van der Waals surface area contributed by atoms with Crippen LogP contribution >= 0.6 is 0 Å². The molecule has 0 amide bonds. The van der Waals surface area contributed by atoms with Gasteiger partial charge in [-0.1, -0.05) is 449 Å². The lowest BCUT2D eigenvalue weighted by Gasteiger charge is -2.23. The molecule has 736 valence electrons. The fraction of sp³-hybridized carbons (Fsp3) is 0.696. The normalized spacial score (nSPS) is 11.8. The topological polar surface area (TPSA) is 168 Å².